The topological polar surface area (TPSA) is 26.3 Å². The van der Waals surface area contributed by atoms with Crippen LogP contribution in [0.2, 0.25) is 5.02 Å². The number of methoxy groups -OCH3 is 1. The number of rotatable bonds is 4. The van der Waals surface area contributed by atoms with Gasteiger partial charge in [-0.2, -0.15) is 0 Å². The second-order valence-corrected chi connectivity index (χ2v) is 5.47. The lowest BCUT2D eigenvalue weighted by Crippen LogP contribution is -2.06. The van der Waals surface area contributed by atoms with Crippen molar-refractivity contribution in [2.45, 2.75) is 6.42 Å². The first-order valence-corrected chi connectivity index (χ1v) is 6.99. The van der Waals surface area contributed by atoms with Gasteiger partial charge in [0.05, 0.1) is 12.7 Å². The summed E-state index contributed by atoms with van der Waals surface area (Å²) in [4.78, 5) is 12.3. The van der Waals surface area contributed by atoms with Crippen molar-refractivity contribution in [2.75, 3.05) is 7.11 Å². The van der Waals surface area contributed by atoms with Crippen LogP contribution in [0.15, 0.2) is 40.9 Å². The molecule has 0 aromatic heterocycles. The van der Waals surface area contributed by atoms with Crippen molar-refractivity contribution >= 4 is 33.3 Å². The van der Waals surface area contributed by atoms with Gasteiger partial charge in [-0.15, -0.1) is 0 Å². The predicted molar refractivity (Wildman–Crippen MR) is 80.1 cm³/mol. The maximum Gasteiger partial charge on any atom is 0.170 e. The second kappa shape index (κ2) is 6.37. The fourth-order valence-corrected chi connectivity index (χ4v) is 2.48. The number of Topliss-reactive ketones (excluding diaryl/α,β-unsaturated/α-hetero) is 1. The summed E-state index contributed by atoms with van der Waals surface area (Å²) < 4.78 is 18.7. The van der Waals surface area contributed by atoms with E-state index in [1.807, 2.05) is 0 Å². The molecule has 104 valence electrons. The normalized spacial score (nSPS) is 10.4. The predicted octanol–water partition coefficient (Wildman–Crippen LogP) is 4.68. The minimum Gasteiger partial charge on any atom is -0.496 e. The Balaban J connectivity index is 2.28. The van der Waals surface area contributed by atoms with Gasteiger partial charge in [-0.05, 0) is 35.9 Å². The van der Waals surface area contributed by atoms with Gasteiger partial charge < -0.3 is 4.74 Å². The van der Waals surface area contributed by atoms with Crippen molar-refractivity contribution in [1.29, 1.82) is 0 Å². The summed E-state index contributed by atoms with van der Waals surface area (Å²) in [5.74, 6) is -0.0382. The van der Waals surface area contributed by atoms with Gasteiger partial charge in [0, 0.05) is 15.9 Å². The van der Waals surface area contributed by atoms with E-state index in [0.29, 0.717) is 26.4 Å². The summed E-state index contributed by atoms with van der Waals surface area (Å²) in [6.07, 6.45) is 0.152. The molecular formula is C15H11BrClFO2. The SMILES string of the molecule is COc1cc(Cl)ccc1C(=O)Cc1ccc(F)cc1Br. The summed E-state index contributed by atoms with van der Waals surface area (Å²) in [7, 11) is 1.48. The van der Waals surface area contributed by atoms with Gasteiger partial charge in [0.1, 0.15) is 11.6 Å². The molecule has 0 aliphatic rings. The first-order chi connectivity index (χ1) is 9.51. The smallest absolute Gasteiger partial charge is 0.170 e. The van der Waals surface area contributed by atoms with Crippen LogP contribution < -0.4 is 4.74 Å². The van der Waals surface area contributed by atoms with E-state index in [9.17, 15) is 9.18 Å². The zero-order chi connectivity index (χ0) is 14.7. The lowest BCUT2D eigenvalue weighted by molar-refractivity contribution is 0.0990. The maximum atomic E-state index is 13.0. The molecule has 0 saturated heterocycles. The number of carbonyl (C=O) groups is 1. The van der Waals surface area contributed by atoms with Crippen LogP contribution in [0.25, 0.3) is 0 Å². The van der Waals surface area contributed by atoms with Gasteiger partial charge in [0.25, 0.3) is 0 Å². The van der Waals surface area contributed by atoms with Crippen LogP contribution in [-0.2, 0) is 6.42 Å². The Morgan fingerprint density at radius 1 is 1.30 bits per heavy atom. The van der Waals surface area contributed by atoms with E-state index in [-0.39, 0.29) is 18.0 Å². The number of ether oxygens (including phenoxy) is 1. The molecule has 0 bridgehead atoms. The fraction of sp³-hybridized carbons (Fsp3) is 0.133. The van der Waals surface area contributed by atoms with Crippen molar-refractivity contribution < 1.29 is 13.9 Å². The van der Waals surface area contributed by atoms with Crippen LogP contribution in [0.5, 0.6) is 5.75 Å². The van der Waals surface area contributed by atoms with E-state index in [1.165, 1.54) is 19.2 Å². The molecule has 0 heterocycles. The van der Waals surface area contributed by atoms with Crippen molar-refractivity contribution in [3.8, 4) is 5.75 Å². The summed E-state index contributed by atoms with van der Waals surface area (Å²) in [6.45, 7) is 0. The van der Waals surface area contributed by atoms with Crippen molar-refractivity contribution in [3.63, 3.8) is 0 Å². The first kappa shape index (κ1) is 15.0. The molecule has 0 amide bonds. The van der Waals surface area contributed by atoms with Gasteiger partial charge in [-0.25, -0.2) is 4.39 Å². The Morgan fingerprint density at radius 3 is 2.70 bits per heavy atom. The number of benzene rings is 2. The molecule has 0 radical (unpaired) electrons. The van der Waals surface area contributed by atoms with E-state index < -0.39 is 0 Å². The fourth-order valence-electron chi connectivity index (χ4n) is 1.83. The Kier molecular flexibility index (Phi) is 4.78. The zero-order valence-electron chi connectivity index (χ0n) is 10.6. The Labute approximate surface area is 129 Å². The molecule has 2 nitrogen and oxygen atoms in total. The van der Waals surface area contributed by atoms with Crippen molar-refractivity contribution in [1.82, 2.24) is 0 Å². The zero-order valence-corrected chi connectivity index (χ0v) is 13.0. The first-order valence-electron chi connectivity index (χ1n) is 5.82. The molecule has 0 spiro atoms. The molecule has 0 saturated carbocycles. The van der Waals surface area contributed by atoms with E-state index in [1.54, 1.807) is 24.3 Å². The van der Waals surface area contributed by atoms with Crippen molar-refractivity contribution in [3.05, 3.63) is 62.8 Å². The van der Waals surface area contributed by atoms with Gasteiger partial charge in [-0.3, -0.25) is 4.79 Å². The van der Waals surface area contributed by atoms with Gasteiger partial charge in [-0.1, -0.05) is 33.6 Å². The molecule has 5 heteroatoms. The second-order valence-electron chi connectivity index (χ2n) is 4.18. The monoisotopic (exact) mass is 356 g/mol. The van der Waals surface area contributed by atoms with Crippen LogP contribution in [0.4, 0.5) is 4.39 Å². The Bertz CT molecular complexity index is 658. The molecule has 0 N–H and O–H groups in total. The van der Waals surface area contributed by atoms with E-state index >= 15 is 0 Å². The summed E-state index contributed by atoms with van der Waals surface area (Å²) in [6, 6.07) is 9.10. The molecule has 0 aliphatic carbocycles. The third-order valence-corrected chi connectivity index (χ3v) is 3.80. The average Bonchev–Trinajstić information content (AvgIpc) is 2.41. The molecule has 0 aliphatic heterocycles. The number of hydrogen-bond acceptors (Lipinski definition) is 2. The van der Waals surface area contributed by atoms with Crippen LogP contribution in [0, 0.1) is 5.82 Å². The third-order valence-electron chi connectivity index (χ3n) is 2.83. The molecule has 2 aromatic carbocycles. The molecular weight excluding hydrogens is 347 g/mol. The highest BCUT2D eigenvalue weighted by atomic mass is 79.9. The van der Waals surface area contributed by atoms with Gasteiger partial charge >= 0.3 is 0 Å². The van der Waals surface area contributed by atoms with E-state index in [0.717, 1.165) is 0 Å². The largest absolute Gasteiger partial charge is 0.496 e. The summed E-state index contributed by atoms with van der Waals surface area (Å²) in [5, 5.41) is 0.501. The number of carbonyl (C=O) groups excluding carboxylic acids is 1. The minimum absolute atomic E-state index is 0.120. The number of hydrogen-bond donors (Lipinski definition) is 0. The highest BCUT2D eigenvalue weighted by molar-refractivity contribution is 9.10. The molecule has 2 aromatic rings. The Morgan fingerprint density at radius 2 is 2.05 bits per heavy atom. The van der Waals surface area contributed by atoms with Crippen molar-refractivity contribution in [2.24, 2.45) is 0 Å². The lowest BCUT2D eigenvalue weighted by Gasteiger charge is -2.09. The third kappa shape index (κ3) is 3.38. The van der Waals surface area contributed by atoms with E-state index in [2.05, 4.69) is 15.9 Å². The Hall–Kier alpha value is -1.39. The number of ketones is 1. The highest BCUT2D eigenvalue weighted by Gasteiger charge is 2.15. The maximum absolute atomic E-state index is 13.0. The van der Waals surface area contributed by atoms with Gasteiger partial charge in [0.2, 0.25) is 0 Å². The average molecular weight is 358 g/mol. The molecule has 20 heavy (non-hydrogen) atoms. The summed E-state index contributed by atoms with van der Waals surface area (Å²) >= 11 is 9.11. The number of halogens is 3. The van der Waals surface area contributed by atoms with Crippen LogP contribution in [0.3, 0.4) is 0 Å². The van der Waals surface area contributed by atoms with E-state index in [4.69, 9.17) is 16.3 Å². The van der Waals surface area contributed by atoms with Gasteiger partial charge in [0.15, 0.2) is 5.78 Å². The van der Waals surface area contributed by atoms with Crippen LogP contribution >= 0.6 is 27.5 Å². The van der Waals surface area contributed by atoms with Crippen LogP contribution in [0.1, 0.15) is 15.9 Å². The molecule has 2 rings (SSSR count). The van der Waals surface area contributed by atoms with Crippen LogP contribution in [-0.4, -0.2) is 12.9 Å². The molecule has 0 fully saturated rings. The molecule has 0 atom stereocenters. The minimum atomic E-state index is -0.350. The quantitative estimate of drug-likeness (QED) is 0.743. The summed E-state index contributed by atoms with van der Waals surface area (Å²) in [5.41, 5.74) is 1.17. The molecule has 0 unspecified atom stereocenters. The standard InChI is InChI=1S/C15H11BrClFO2/c1-20-15-7-10(17)3-5-12(15)14(19)6-9-2-4-11(18)8-13(9)16/h2-5,7-8H,6H2,1H3. The highest BCUT2D eigenvalue weighted by Crippen LogP contribution is 2.26. The lowest BCUT2D eigenvalue weighted by atomic mass is 10.0.